The first-order chi connectivity index (χ1) is 15.1. The second kappa shape index (κ2) is 14.8. The quantitative estimate of drug-likeness (QED) is 0.429. The van der Waals surface area contributed by atoms with E-state index in [9.17, 15) is 4.79 Å². The molecular formula is C28H41NO2. The van der Waals surface area contributed by atoms with Crippen molar-refractivity contribution in [2.24, 2.45) is 5.73 Å². The fourth-order valence-corrected chi connectivity index (χ4v) is 4.09. The summed E-state index contributed by atoms with van der Waals surface area (Å²) in [7, 11) is 0. The van der Waals surface area contributed by atoms with E-state index in [1.807, 2.05) is 12.1 Å². The Labute approximate surface area is 189 Å². The third kappa shape index (κ3) is 10.1. The Balaban J connectivity index is 0.000000316. The molecule has 0 saturated heterocycles. The molecule has 3 rings (SSSR count). The molecule has 0 spiro atoms. The Hall–Kier alpha value is -2.13. The summed E-state index contributed by atoms with van der Waals surface area (Å²) in [6.07, 6.45) is 17.2. The van der Waals surface area contributed by atoms with Gasteiger partial charge in [0.2, 0.25) is 0 Å². The SMILES string of the molecule is CCCCCCCc1ccc(-c2ccc(C(=O)O)cc2)cc1.NC1CCCCCCC1. The van der Waals surface area contributed by atoms with Gasteiger partial charge < -0.3 is 10.8 Å². The fourth-order valence-electron chi connectivity index (χ4n) is 4.09. The zero-order valence-corrected chi connectivity index (χ0v) is 19.3. The van der Waals surface area contributed by atoms with Crippen molar-refractivity contribution in [1.29, 1.82) is 0 Å². The van der Waals surface area contributed by atoms with Crippen molar-refractivity contribution < 1.29 is 9.90 Å². The molecule has 0 unspecified atom stereocenters. The molecule has 2 aromatic carbocycles. The highest BCUT2D eigenvalue weighted by molar-refractivity contribution is 5.88. The minimum absolute atomic E-state index is 0.326. The van der Waals surface area contributed by atoms with E-state index in [0.29, 0.717) is 11.6 Å². The second-order valence-corrected chi connectivity index (χ2v) is 8.85. The Morgan fingerprint density at radius 2 is 1.32 bits per heavy atom. The average Bonchev–Trinajstić information content (AvgIpc) is 2.77. The van der Waals surface area contributed by atoms with Gasteiger partial charge in [0, 0.05) is 6.04 Å². The first-order valence-corrected chi connectivity index (χ1v) is 12.3. The Morgan fingerprint density at radius 3 is 1.87 bits per heavy atom. The topological polar surface area (TPSA) is 63.3 Å². The van der Waals surface area contributed by atoms with E-state index in [-0.39, 0.29) is 0 Å². The van der Waals surface area contributed by atoms with E-state index in [0.717, 1.165) is 17.5 Å². The highest BCUT2D eigenvalue weighted by atomic mass is 16.4. The summed E-state index contributed by atoms with van der Waals surface area (Å²) in [5.74, 6) is -0.884. The number of unbranched alkanes of at least 4 members (excludes halogenated alkanes) is 4. The number of rotatable bonds is 8. The predicted molar refractivity (Wildman–Crippen MR) is 132 cm³/mol. The maximum atomic E-state index is 10.9. The highest BCUT2D eigenvalue weighted by Crippen LogP contribution is 2.21. The summed E-state index contributed by atoms with van der Waals surface area (Å²) in [5, 5.41) is 8.92. The van der Waals surface area contributed by atoms with Crippen molar-refractivity contribution in [3.63, 3.8) is 0 Å². The largest absolute Gasteiger partial charge is 0.478 e. The van der Waals surface area contributed by atoms with Gasteiger partial charge in [-0.2, -0.15) is 0 Å². The van der Waals surface area contributed by atoms with E-state index >= 15 is 0 Å². The van der Waals surface area contributed by atoms with Crippen LogP contribution < -0.4 is 5.73 Å². The second-order valence-electron chi connectivity index (χ2n) is 8.85. The maximum absolute atomic E-state index is 10.9. The molecule has 1 saturated carbocycles. The van der Waals surface area contributed by atoms with Crippen molar-refractivity contribution in [2.75, 3.05) is 0 Å². The molecule has 3 heteroatoms. The lowest BCUT2D eigenvalue weighted by Crippen LogP contribution is -2.20. The molecule has 31 heavy (non-hydrogen) atoms. The number of hydrogen-bond acceptors (Lipinski definition) is 2. The summed E-state index contributed by atoms with van der Waals surface area (Å²) < 4.78 is 0. The van der Waals surface area contributed by atoms with Crippen LogP contribution >= 0.6 is 0 Å². The van der Waals surface area contributed by atoms with E-state index in [4.69, 9.17) is 10.8 Å². The van der Waals surface area contributed by atoms with E-state index in [1.54, 1.807) is 12.1 Å². The molecule has 0 aromatic heterocycles. The van der Waals surface area contributed by atoms with Crippen molar-refractivity contribution in [1.82, 2.24) is 0 Å². The van der Waals surface area contributed by atoms with Crippen LogP contribution in [-0.4, -0.2) is 17.1 Å². The molecule has 3 N–H and O–H groups in total. The fraction of sp³-hybridized carbons (Fsp3) is 0.536. The van der Waals surface area contributed by atoms with Crippen LogP contribution in [0.2, 0.25) is 0 Å². The lowest BCUT2D eigenvalue weighted by Gasteiger charge is -2.13. The molecule has 0 amide bonds. The van der Waals surface area contributed by atoms with E-state index < -0.39 is 5.97 Å². The van der Waals surface area contributed by atoms with Crippen molar-refractivity contribution in [3.05, 3.63) is 59.7 Å². The first kappa shape index (κ1) is 25.1. The van der Waals surface area contributed by atoms with Crippen molar-refractivity contribution in [3.8, 4) is 11.1 Å². The predicted octanol–water partition coefficient (Wildman–Crippen LogP) is 7.62. The van der Waals surface area contributed by atoms with Crippen LogP contribution in [0.25, 0.3) is 11.1 Å². The molecule has 0 bridgehead atoms. The Kier molecular flexibility index (Phi) is 12.0. The van der Waals surface area contributed by atoms with Gasteiger partial charge in [-0.3, -0.25) is 0 Å². The number of carbonyl (C=O) groups is 1. The van der Waals surface area contributed by atoms with Gasteiger partial charge >= 0.3 is 5.97 Å². The van der Waals surface area contributed by atoms with Crippen LogP contribution in [0.5, 0.6) is 0 Å². The first-order valence-electron chi connectivity index (χ1n) is 12.3. The van der Waals surface area contributed by atoms with Gasteiger partial charge in [-0.1, -0.05) is 101 Å². The standard InChI is InChI=1S/C20H24O2.C8H17N/c1-2-3-4-5-6-7-16-8-10-17(11-9-16)18-12-14-19(15-13-18)20(21)22;9-8-6-4-2-1-3-5-7-8/h8-15H,2-7H2,1H3,(H,21,22);8H,1-7,9H2. The number of aryl methyl sites for hydroxylation is 1. The smallest absolute Gasteiger partial charge is 0.335 e. The number of carboxylic acids is 1. The summed E-state index contributed by atoms with van der Waals surface area (Å²) in [5.41, 5.74) is 9.69. The van der Waals surface area contributed by atoms with Gasteiger partial charge in [0.05, 0.1) is 5.56 Å². The summed E-state index contributed by atoms with van der Waals surface area (Å²) in [6, 6.07) is 16.2. The summed E-state index contributed by atoms with van der Waals surface area (Å²) >= 11 is 0. The normalized spacial score (nSPS) is 14.8. The van der Waals surface area contributed by atoms with Crippen LogP contribution in [0.1, 0.15) is 99.9 Å². The molecular weight excluding hydrogens is 382 g/mol. The molecule has 1 fully saturated rings. The van der Waals surface area contributed by atoms with Gasteiger partial charge in [-0.15, -0.1) is 0 Å². The molecule has 3 nitrogen and oxygen atoms in total. The van der Waals surface area contributed by atoms with Crippen molar-refractivity contribution in [2.45, 2.75) is 96.4 Å². The lowest BCUT2D eigenvalue weighted by atomic mass is 9.98. The van der Waals surface area contributed by atoms with Crippen molar-refractivity contribution >= 4 is 5.97 Å². The number of hydrogen-bond donors (Lipinski definition) is 2. The number of benzene rings is 2. The Morgan fingerprint density at radius 1 is 0.806 bits per heavy atom. The zero-order chi connectivity index (χ0) is 22.3. The Bertz CT molecular complexity index is 729. The number of aromatic carboxylic acids is 1. The number of nitrogens with two attached hydrogens (primary N) is 1. The van der Waals surface area contributed by atoms with Crippen LogP contribution in [0, 0.1) is 0 Å². The minimum atomic E-state index is -0.884. The molecule has 0 aliphatic heterocycles. The summed E-state index contributed by atoms with van der Waals surface area (Å²) in [4.78, 5) is 10.9. The molecule has 0 heterocycles. The number of carboxylic acid groups (broad SMARTS) is 1. The van der Waals surface area contributed by atoms with Crippen LogP contribution in [0.3, 0.4) is 0 Å². The molecule has 1 aliphatic carbocycles. The van der Waals surface area contributed by atoms with Crippen LogP contribution in [0.15, 0.2) is 48.5 Å². The molecule has 0 atom stereocenters. The third-order valence-corrected chi connectivity index (χ3v) is 6.14. The van der Waals surface area contributed by atoms with Gasteiger partial charge in [0.15, 0.2) is 0 Å². The molecule has 170 valence electrons. The monoisotopic (exact) mass is 423 g/mol. The maximum Gasteiger partial charge on any atom is 0.335 e. The minimum Gasteiger partial charge on any atom is -0.478 e. The van der Waals surface area contributed by atoms with E-state index in [2.05, 4.69) is 31.2 Å². The van der Waals surface area contributed by atoms with Gasteiger partial charge in [-0.25, -0.2) is 4.79 Å². The van der Waals surface area contributed by atoms with Crippen LogP contribution in [-0.2, 0) is 6.42 Å². The van der Waals surface area contributed by atoms with Gasteiger partial charge in [0.1, 0.15) is 0 Å². The average molecular weight is 424 g/mol. The third-order valence-electron chi connectivity index (χ3n) is 6.14. The summed E-state index contributed by atoms with van der Waals surface area (Å²) in [6.45, 7) is 2.24. The van der Waals surface area contributed by atoms with Gasteiger partial charge in [0.25, 0.3) is 0 Å². The molecule has 2 aromatic rings. The van der Waals surface area contributed by atoms with E-state index in [1.165, 1.54) is 82.6 Å². The van der Waals surface area contributed by atoms with Gasteiger partial charge in [-0.05, 0) is 54.5 Å². The highest BCUT2D eigenvalue weighted by Gasteiger charge is 2.05. The molecule has 1 aliphatic rings. The lowest BCUT2D eigenvalue weighted by molar-refractivity contribution is 0.0697. The van der Waals surface area contributed by atoms with Crippen LogP contribution in [0.4, 0.5) is 0 Å². The molecule has 0 radical (unpaired) electrons. The zero-order valence-electron chi connectivity index (χ0n) is 19.3.